The summed E-state index contributed by atoms with van der Waals surface area (Å²) in [5.74, 6) is -1.15. The Morgan fingerprint density at radius 2 is 2.13 bits per heavy atom. The summed E-state index contributed by atoms with van der Waals surface area (Å²) in [5.41, 5.74) is 1.49. The van der Waals surface area contributed by atoms with Gasteiger partial charge >= 0.3 is 5.97 Å². The van der Waals surface area contributed by atoms with Gasteiger partial charge in [-0.1, -0.05) is 16.8 Å². The number of aryl methyl sites for hydroxylation is 1. The van der Waals surface area contributed by atoms with Gasteiger partial charge in [-0.2, -0.15) is 0 Å². The van der Waals surface area contributed by atoms with E-state index < -0.39 is 23.4 Å². The quantitative estimate of drug-likeness (QED) is 0.354. The second kappa shape index (κ2) is 7.71. The number of amides is 1. The maximum Gasteiger partial charge on any atom is 0.339 e. The number of benzene rings is 1. The number of non-ortho nitro benzene ring substituents is 1. The highest BCUT2D eigenvalue weighted by Gasteiger charge is 2.29. The third-order valence-corrected chi connectivity index (χ3v) is 4.95. The summed E-state index contributed by atoms with van der Waals surface area (Å²) in [6.45, 7) is 1.07. The van der Waals surface area contributed by atoms with E-state index >= 15 is 0 Å². The molecule has 2 heterocycles. The van der Waals surface area contributed by atoms with Crippen molar-refractivity contribution in [3.8, 4) is 0 Å². The third-order valence-electron chi connectivity index (χ3n) is 4.62. The lowest BCUT2D eigenvalue weighted by Gasteiger charge is -2.09. The number of ether oxygens (including phenoxy) is 1. The SMILES string of the molecule is Cc1noc2nc(C3CC3)cc(C(=O)OCC(=O)Nc3cc([N+](=O)[O-])ccc3Cl)c12. The lowest BCUT2D eigenvalue weighted by Crippen LogP contribution is -2.21. The molecule has 3 aromatic rings. The lowest BCUT2D eigenvalue weighted by molar-refractivity contribution is -0.384. The zero-order valence-corrected chi connectivity index (χ0v) is 16.4. The van der Waals surface area contributed by atoms with Crippen molar-refractivity contribution in [2.45, 2.75) is 25.7 Å². The summed E-state index contributed by atoms with van der Waals surface area (Å²) in [6.07, 6.45) is 1.96. The van der Waals surface area contributed by atoms with Gasteiger partial charge in [-0.3, -0.25) is 14.9 Å². The van der Waals surface area contributed by atoms with E-state index in [2.05, 4.69) is 15.5 Å². The van der Waals surface area contributed by atoms with Crippen molar-refractivity contribution >= 4 is 46.0 Å². The second-order valence-corrected chi connectivity index (χ2v) is 7.27. The molecule has 0 bridgehead atoms. The highest BCUT2D eigenvalue weighted by Crippen LogP contribution is 2.40. The number of hydrogen-bond donors (Lipinski definition) is 1. The van der Waals surface area contributed by atoms with Crippen LogP contribution in [-0.4, -0.2) is 33.5 Å². The minimum atomic E-state index is -0.726. The van der Waals surface area contributed by atoms with Crippen LogP contribution < -0.4 is 5.32 Å². The monoisotopic (exact) mass is 430 g/mol. The number of pyridine rings is 1. The van der Waals surface area contributed by atoms with E-state index in [1.807, 2.05) is 0 Å². The lowest BCUT2D eigenvalue weighted by atomic mass is 10.1. The summed E-state index contributed by atoms with van der Waals surface area (Å²) < 4.78 is 10.3. The van der Waals surface area contributed by atoms with Gasteiger partial charge in [0, 0.05) is 23.7 Å². The van der Waals surface area contributed by atoms with Gasteiger partial charge in [0.2, 0.25) is 0 Å². The molecule has 0 atom stereocenters. The molecule has 0 saturated heterocycles. The van der Waals surface area contributed by atoms with Crippen molar-refractivity contribution in [1.82, 2.24) is 10.1 Å². The minimum Gasteiger partial charge on any atom is -0.452 e. The number of fused-ring (bicyclic) bond motifs is 1. The number of hydrogen-bond acceptors (Lipinski definition) is 8. The van der Waals surface area contributed by atoms with E-state index in [1.165, 1.54) is 12.1 Å². The first-order chi connectivity index (χ1) is 14.3. The van der Waals surface area contributed by atoms with Crippen LogP contribution in [0.3, 0.4) is 0 Å². The molecular weight excluding hydrogens is 416 g/mol. The molecule has 1 aromatic carbocycles. The van der Waals surface area contributed by atoms with E-state index in [9.17, 15) is 19.7 Å². The smallest absolute Gasteiger partial charge is 0.339 e. The molecule has 0 aliphatic heterocycles. The fraction of sp³-hybridized carbons (Fsp3) is 0.263. The Bertz CT molecular complexity index is 1190. The van der Waals surface area contributed by atoms with E-state index in [0.29, 0.717) is 11.1 Å². The Morgan fingerprint density at radius 1 is 1.37 bits per heavy atom. The molecule has 1 amide bonds. The molecule has 0 radical (unpaired) electrons. The number of halogens is 1. The summed E-state index contributed by atoms with van der Waals surface area (Å²) in [7, 11) is 0. The zero-order chi connectivity index (χ0) is 21.4. The molecule has 1 saturated carbocycles. The molecule has 0 spiro atoms. The van der Waals surface area contributed by atoms with E-state index in [0.717, 1.165) is 24.6 Å². The fourth-order valence-corrected chi connectivity index (χ4v) is 3.15. The van der Waals surface area contributed by atoms with Crippen molar-refractivity contribution in [3.63, 3.8) is 0 Å². The highest BCUT2D eigenvalue weighted by molar-refractivity contribution is 6.33. The molecule has 154 valence electrons. The molecule has 1 aliphatic rings. The maximum atomic E-state index is 12.7. The Hall–Kier alpha value is -3.53. The first-order valence-corrected chi connectivity index (χ1v) is 9.39. The number of carbonyl (C=O) groups excluding carboxylic acids is 2. The standard InChI is InChI=1S/C19H15ClN4O6/c1-9-17-12(7-14(10-2-3-10)22-18(17)30-23-9)19(26)29-8-16(25)21-15-6-11(24(27)28)4-5-13(15)20/h4-7,10H,2-3,8H2,1H3,(H,21,25). The summed E-state index contributed by atoms with van der Waals surface area (Å²) in [6, 6.07) is 5.27. The number of nitro benzene ring substituents is 1. The molecule has 30 heavy (non-hydrogen) atoms. The highest BCUT2D eigenvalue weighted by atomic mass is 35.5. The van der Waals surface area contributed by atoms with Crippen LogP contribution in [0.5, 0.6) is 0 Å². The Morgan fingerprint density at radius 3 is 2.83 bits per heavy atom. The molecule has 1 fully saturated rings. The predicted molar refractivity (Wildman–Crippen MR) is 106 cm³/mol. The average Bonchev–Trinajstić information content (AvgIpc) is 3.50. The first kappa shape index (κ1) is 19.8. The van der Waals surface area contributed by atoms with Crippen molar-refractivity contribution < 1.29 is 23.8 Å². The van der Waals surface area contributed by atoms with Gasteiger partial charge in [0.1, 0.15) is 0 Å². The number of esters is 1. The Kier molecular flexibility index (Phi) is 5.08. The summed E-state index contributed by atoms with van der Waals surface area (Å²) in [5, 5.41) is 17.7. The first-order valence-electron chi connectivity index (χ1n) is 9.01. The molecule has 10 nitrogen and oxygen atoms in total. The van der Waals surface area contributed by atoms with Crippen LogP contribution in [0.2, 0.25) is 5.02 Å². The number of anilines is 1. The molecule has 1 aliphatic carbocycles. The van der Waals surface area contributed by atoms with Gasteiger partial charge in [-0.05, 0) is 31.9 Å². The molecule has 2 aromatic heterocycles. The second-order valence-electron chi connectivity index (χ2n) is 6.86. The average molecular weight is 431 g/mol. The van der Waals surface area contributed by atoms with Gasteiger partial charge in [0.15, 0.2) is 6.61 Å². The number of nitro groups is 1. The molecular formula is C19H15ClN4O6. The summed E-state index contributed by atoms with van der Waals surface area (Å²) >= 11 is 5.96. The fourth-order valence-electron chi connectivity index (χ4n) is 2.98. The molecule has 1 N–H and O–H groups in total. The number of aromatic nitrogens is 2. The van der Waals surface area contributed by atoms with Crippen molar-refractivity contribution in [3.05, 3.63) is 56.4 Å². The van der Waals surface area contributed by atoms with Gasteiger partial charge in [0.25, 0.3) is 17.3 Å². The topological polar surface area (TPSA) is 137 Å². The van der Waals surface area contributed by atoms with Gasteiger partial charge < -0.3 is 14.6 Å². The normalized spacial score (nSPS) is 13.3. The van der Waals surface area contributed by atoms with E-state index in [-0.39, 0.29) is 33.6 Å². The van der Waals surface area contributed by atoms with Crippen LogP contribution in [0, 0.1) is 17.0 Å². The van der Waals surface area contributed by atoms with Crippen molar-refractivity contribution in [2.75, 3.05) is 11.9 Å². The van der Waals surface area contributed by atoms with Crippen LogP contribution in [0.15, 0.2) is 28.8 Å². The van der Waals surface area contributed by atoms with E-state index in [4.69, 9.17) is 20.9 Å². The van der Waals surface area contributed by atoms with Crippen LogP contribution in [0.1, 0.15) is 40.5 Å². The van der Waals surface area contributed by atoms with Crippen LogP contribution >= 0.6 is 11.6 Å². The van der Waals surface area contributed by atoms with E-state index in [1.54, 1.807) is 13.0 Å². The minimum absolute atomic E-state index is 0.0455. The van der Waals surface area contributed by atoms with Gasteiger partial charge in [-0.15, -0.1) is 0 Å². The van der Waals surface area contributed by atoms with Crippen LogP contribution in [0.4, 0.5) is 11.4 Å². The van der Waals surface area contributed by atoms with Crippen molar-refractivity contribution in [1.29, 1.82) is 0 Å². The van der Waals surface area contributed by atoms with Gasteiger partial charge in [0.05, 0.1) is 32.3 Å². The predicted octanol–water partition coefficient (Wildman–Crippen LogP) is 3.77. The Labute approximate surface area is 174 Å². The van der Waals surface area contributed by atoms with Crippen molar-refractivity contribution in [2.24, 2.45) is 0 Å². The number of nitrogens with one attached hydrogen (secondary N) is 1. The largest absolute Gasteiger partial charge is 0.452 e. The molecule has 0 unspecified atom stereocenters. The zero-order valence-electron chi connectivity index (χ0n) is 15.7. The van der Waals surface area contributed by atoms with Crippen LogP contribution in [0.25, 0.3) is 11.1 Å². The summed E-state index contributed by atoms with van der Waals surface area (Å²) in [4.78, 5) is 39.5. The molecule has 4 rings (SSSR count). The number of nitrogens with zero attached hydrogens (tertiary/aromatic N) is 3. The number of carbonyl (C=O) groups is 2. The third kappa shape index (κ3) is 3.94. The van der Waals surface area contributed by atoms with Crippen LogP contribution in [-0.2, 0) is 9.53 Å². The Balaban J connectivity index is 1.49. The molecule has 11 heteroatoms. The maximum absolute atomic E-state index is 12.7. The number of rotatable bonds is 6. The van der Waals surface area contributed by atoms with Gasteiger partial charge in [-0.25, -0.2) is 9.78 Å².